The molecule has 0 spiro atoms. The predicted octanol–water partition coefficient (Wildman–Crippen LogP) is 4.89. The number of aromatic nitrogens is 4. The number of aryl methyl sites for hydroxylation is 1. The van der Waals surface area contributed by atoms with Crippen LogP contribution in [0.3, 0.4) is 0 Å². The maximum Gasteiger partial charge on any atom is 0.422 e. The third-order valence-corrected chi connectivity index (χ3v) is 5.36. The number of rotatable bonds is 5. The normalized spacial score (nSPS) is 13.4. The molecule has 3 heterocycles. The van der Waals surface area contributed by atoms with E-state index in [0.29, 0.717) is 16.6 Å². The lowest BCUT2D eigenvalue weighted by Gasteiger charge is -2.14. The van der Waals surface area contributed by atoms with Gasteiger partial charge < -0.3 is 9.47 Å². The Hall–Kier alpha value is -4.34. The predicted molar refractivity (Wildman–Crippen MR) is 125 cm³/mol. The van der Waals surface area contributed by atoms with Crippen molar-refractivity contribution in [3.05, 3.63) is 77.3 Å². The summed E-state index contributed by atoms with van der Waals surface area (Å²) in [5.41, 5.74) is 1.35. The first-order valence-corrected chi connectivity index (χ1v) is 10.4. The molecule has 0 bridgehead atoms. The van der Waals surface area contributed by atoms with Gasteiger partial charge in [0, 0.05) is 42.0 Å². The van der Waals surface area contributed by atoms with Crippen molar-refractivity contribution < 1.29 is 26.8 Å². The van der Waals surface area contributed by atoms with Gasteiger partial charge in [0.2, 0.25) is 5.88 Å². The van der Waals surface area contributed by atoms with Gasteiger partial charge in [0.05, 0.1) is 27.7 Å². The molecule has 0 aliphatic heterocycles. The van der Waals surface area contributed by atoms with Crippen molar-refractivity contribution in [1.29, 1.82) is 0 Å². The van der Waals surface area contributed by atoms with Gasteiger partial charge >= 0.3 is 6.18 Å². The van der Waals surface area contributed by atoms with Crippen LogP contribution in [-0.2, 0) is 7.05 Å². The third kappa shape index (κ3) is 4.42. The Bertz CT molecular complexity index is 1710. The Morgan fingerprint density at radius 1 is 1.03 bits per heavy atom. The molecule has 2 aromatic carbocycles. The Balaban J connectivity index is 1.69. The van der Waals surface area contributed by atoms with Gasteiger partial charge in [-0.15, -0.1) is 0 Å². The highest BCUT2D eigenvalue weighted by molar-refractivity contribution is 5.93. The molecule has 0 N–H and O–H groups in total. The van der Waals surface area contributed by atoms with Crippen LogP contribution in [0.1, 0.15) is 4.11 Å². The molecule has 0 fully saturated rings. The molecule has 5 rings (SSSR count). The van der Waals surface area contributed by atoms with E-state index in [9.17, 15) is 18.0 Å². The second-order valence-corrected chi connectivity index (χ2v) is 7.84. The molecule has 0 saturated carbocycles. The molecule has 35 heavy (non-hydrogen) atoms. The molecular weight excluding hydrogens is 461 g/mol. The quantitative estimate of drug-likeness (QED) is 0.356. The zero-order valence-corrected chi connectivity index (χ0v) is 18.2. The number of hydrogen-bond acceptors (Lipinski definition) is 5. The van der Waals surface area contributed by atoms with Gasteiger partial charge in [-0.1, -0.05) is 12.1 Å². The van der Waals surface area contributed by atoms with Crippen LogP contribution < -0.4 is 15.0 Å². The summed E-state index contributed by atoms with van der Waals surface area (Å²) in [7, 11) is -0.880. The number of hydrogen-bond donors (Lipinski definition) is 0. The van der Waals surface area contributed by atoms with Crippen LogP contribution in [0.15, 0.2) is 71.8 Å². The first-order valence-electron chi connectivity index (χ1n) is 11.9. The fourth-order valence-electron chi connectivity index (χ4n) is 3.84. The Labute approximate surface area is 201 Å². The van der Waals surface area contributed by atoms with E-state index >= 15 is 0 Å². The zero-order valence-electron chi connectivity index (χ0n) is 21.2. The van der Waals surface area contributed by atoms with Crippen molar-refractivity contribution in [2.75, 3.05) is 13.6 Å². The molecule has 3 aromatic heterocycles. The average molecular weight is 483 g/mol. The molecule has 7 nitrogen and oxygen atoms in total. The van der Waals surface area contributed by atoms with Gasteiger partial charge in [0.25, 0.3) is 5.56 Å². The lowest BCUT2D eigenvalue weighted by molar-refractivity contribution is -0.154. The molecule has 5 aromatic rings. The van der Waals surface area contributed by atoms with Crippen molar-refractivity contribution in [2.24, 2.45) is 7.05 Å². The summed E-state index contributed by atoms with van der Waals surface area (Å²) in [4.78, 5) is 18.0. The number of pyridine rings is 2. The van der Waals surface area contributed by atoms with Crippen LogP contribution in [0, 0.1) is 0 Å². The summed E-state index contributed by atoms with van der Waals surface area (Å²) in [6, 6.07) is 13.8. The van der Waals surface area contributed by atoms with E-state index in [0.717, 1.165) is 10.9 Å². The first kappa shape index (κ1) is 19.0. The van der Waals surface area contributed by atoms with Crippen LogP contribution in [0.5, 0.6) is 11.6 Å². The van der Waals surface area contributed by atoms with Gasteiger partial charge in [-0.25, -0.2) is 4.98 Å². The Morgan fingerprint density at radius 3 is 2.57 bits per heavy atom. The topological polar surface area (TPSA) is 71.2 Å². The molecule has 0 unspecified atom stereocenters. The molecule has 0 atom stereocenters. The maximum atomic E-state index is 13.8. The fourth-order valence-corrected chi connectivity index (χ4v) is 3.84. The van der Waals surface area contributed by atoms with E-state index in [-0.39, 0.29) is 22.7 Å². The number of ether oxygens (including phenoxy) is 2. The van der Waals surface area contributed by atoms with Crippen molar-refractivity contribution in [1.82, 2.24) is 19.3 Å². The number of benzene rings is 2. The zero-order chi connectivity index (χ0) is 27.2. The maximum absolute atomic E-state index is 13.8. The fraction of sp³-hybridized carbons (Fsp3) is 0.160. The highest BCUT2D eigenvalue weighted by atomic mass is 19.4. The number of nitrogens with zero attached hydrogens (tertiary/aromatic N) is 4. The van der Waals surface area contributed by atoms with Gasteiger partial charge in [-0.2, -0.15) is 18.3 Å². The van der Waals surface area contributed by atoms with Crippen LogP contribution in [0.25, 0.3) is 38.6 Å². The molecule has 0 aliphatic carbocycles. The molecule has 178 valence electrons. The molecule has 0 radical (unpaired) electrons. The van der Waals surface area contributed by atoms with Crippen LogP contribution in [-0.4, -0.2) is 39.2 Å². The summed E-state index contributed by atoms with van der Waals surface area (Å²) in [5, 5.41) is 5.61. The highest BCUT2D eigenvalue weighted by Gasteiger charge is 2.29. The smallest absolute Gasteiger partial charge is 0.422 e. The number of alkyl halides is 3. The Morgan fingerprint density at radius 2 is 1.83 bits per heavy atom. The molecule has 10 heteroatoms. The van der Waals surface area contributed by atoms with Crippen LogP contribution >= 0.6 is 0 Å². The van der Waals surface area contributed by atoms with Crippen molar-refractivity contribution in [3.63, 3.8) is 0 Å². The van der Waals surface area contributed by atoms with E-state index in [1.165, 1.54) is 41.0 Å². The minimum atomic E-state index is -4.56. The summed E-state index contributed by atoms with van der Waals surface area (Å²) >= 11 is 0. The van der Waals surface area contributed by atoms with Crippen LogP contribution in [0.4, 0.5) is 13.2 Å². The lowest BCUT2D eigenvalue weighted by Crippen LogP contribution is -2.21. The number of halogens is 3. The molecule has 0 amide bonds. The second kappa shape index (κ2) is 8.46. The number of fused-ring (bicyclic) bond motifs is 2. The van der Waals surface area contributed by atoms with Gasteiger partial charge in [0.15, 0.2) is 6.61 Å². The van der Waals surface area contributed by atoms with Crippen molar-refractivity contribution >= 4 is 21.8 Å². The van der Waals surface area contributed by atoms with Gasteiger partial charge in [-0.05, 0) is 42.0 Å². The third-order valence-electron chi connectivity index (χ3n) is 5.36. The monoisotopic (exact) mass is 483 g/mol. The summed E-state index contributed by atoms with van der Waals surface area (Å²) in [5.74, 6) is -0.245. The summed E-state index contributed by atoms with van der Waals surface area (Å²) in [6.07, 6.45) is -1.21. The Kier molecular flexibility index (Phi) is 4.60. The SMILES string of the molecule is [2H]C([2H])([2H])Oc1ccc(-c2c(=O)n(-c3ccc4nn(C)cc4c3)cc3ccc(OCC(F)(F)F)nc23)cc1. The first-order chi connectivity index (χ1) is 17.9. The van der Waals surface area contributed by atoms with Crippen molar-refractivity contribution in [2.45, 2.75) is 6.18 Å². The van der Waals surface area contributed by atoms with E-state index < -0.39 is 25.4 Å². The second-order valence-electron chi connectivity index (χ2n) is 7.84. The summed E-state index contributed by atoms with van der Waals surface area (Å²) < 4.78 is 72.7. The molecular formula is C25H19F3N4O3. The van der Waals surface area contributed by atoms with Crippen LogP contribution in [0.2, 0.25) is 0 Å². The molecule has 0 aliphatic rings. The van der Waals surface area contributed by atoms with E-state index in [1.54, 1.807) is 42.3 Å². The standard InChI is InChI=1S/C25H19F3N4O3/c1-31-12-17-11-18(6-9-20(17)30-31)32-13-16-5-10-21(35-14-25(26,27)28)29-23(16)22(24(32)33)15-3-7-19(34-2)8-4-15/h3-13H,14H2,1-2H3/i2D3. The minimum absolute atomic E-state index is 0.0542. The van der Waals surface area contributed by atoms with E-state index in [1.807, 2.05) is 0 Å². The van der Waals surface area contributed by atoms with E-state index in [2.05, 4.69) is 10.1 Å². The lowest BCUT2D eigenvalue weighted by atomic mass is 10.0. The molecule has 0 saturated heterocycles. The van der Waals surface area contributed by atoms with E-state index in [4.69, 9.17) is 13.6 Å². The van der Waals surface area contributed by atoms with Crippen molar-refractivity contribution in [3.8, 4) is 28.4 Å². The van der Waals surface area contributed by atoms with Gasteiger partial charge in [-0.3, -0.25) is 14.0 Å². The summed E-state index contributed by atoms with van der Waals surface area (Å²) in [6.45, 7) is -1.54. The van der Waals surface area contributed by atoms with Gasteiger partial charge in [0.1, 0.15) is 5.75 Å². The average Bonchev–Trinajstić information content (AvgIpc) is 3.21. The largest absolute Gasteiger partial charge is 0.497 e. The number of methoxy groups -OCH3 is 1. The minimum Gasteiger partial charge on any atom is -0.497 e. The highest BCUT2D eigenvalue weighted by Crippen LogP contribution is 2.29.